The van der Waals surface area contributed by atoms with Gasteiger partial charge in [-0.2, -0.15) is 0 Å². The molecule has 1 fully saturated rings. The number of aromatic nitrogens is 1. The number of ether oxygens (including phenoxy) is 1. The van der Waals surface area contributed by atoms with Crippen molar-refractivity contribution in [3.8, 4) is 0 Å². The summed E-state index contributed by atoms with van der Waals surface area (Å²) < 4.78 is 7.21. The van der Waals surface area contributed by atoms with E-state index in [0.29, 0.717) is 17.7 Å². The number of nitrogens with one attached hydrogen (secondary N) is 2. The Bertz CT molecular complexity index is 774. The lowest BCUT2D eigenvalue weighted by Gasteiger charge is -2.11. The largest absolute Gasteiger partial charge is 0.462 e. The van der Waals surface area contributed by atoms with Gasteiger partial charge in [0.15, 0.2) is 0 Å². The Balaban J connectivity index is 1.96. The van der Waals surface area contributed by atoms with E-state index in [0.717, 1.165) is 30.8 Å². The molecule has 2 amide bonds. The summed E-state index contributed by atoms with van der Waals surface area (Å²) in [6, 6.07) is 0.285. The van der Waals surface area contributed by atoms with Crippen LogP contribution < -0.4 is 10.6 Å². The zero-order chi connectivity index (χ0) is 21.4. The van der Waals surface area contributed by atoms with Crippen LogP contribution in [-0.4, -0.2) is 41.5 Å². The van der Waals surface area contributed by atoms with Crippen molar-refractivity contribution in [3.63, 3.8) is 0 Å². The van der Waals surface area contributed by atoms with Crippen molar-refractivity contribution in [1.82, 2.24) is 15.2 Å². The molecule has 2 N–H and O–H groups in total. The maximum absolute atomic E-state index is 12.4. The predicted octanol–water partition coefficient (Wildman–Crippen LogP) is 2.88. The molecule has 0 saturated heterocycles. The number of hydrogen-bond acceptors (Lipinski definition) is 4. The summed E-state index contributed by atoms with van der Waals surface area (Å²) in [5, 5.41) is 5.73. The van der Waals surface area contributed by atoms with Crippen LogP contribution in [0.3, 0.4) is 0 Å². The normalized spacial score (nSPS) is 14.3. The number of amides is 2. The van der Waals surface area contributed by atoms with Crippen LogP contribution in [0.4, 0.5) is 0 Å². The number of esters is 1. The van der Waals surface area contributed by atoms with Gasteiger partial charge in [0.1, 0.15) is 0 Å². The van der Waals surface area contributed by atoms with Crippen LogP contribution in [0.15, 0.2) is 6.08 Å². The smallest absolute Gasteiger partial charge is 0.340 e. The topological polar surface area (TPSA) is 89.4 Å². The van der Waals surface area contributed by atoms with Gasteiger partial charge < -0.3 is 19.9 Å². The van der Waals surface area contributed by atoms with Gasteiger partial charge in [-0.15, -0.1) is 0 Å². The summed E-state index contributed by atoms with van der Waals surface area (Å²) in [5.41, 5.74) is 2.92. The standard InChI is InChI=1S/C22H33N3O4/c1-5-25-15(3)18(21(16(25)4)22(28)29-6-2)11-12-19(26)23-14-13-20(27)24-17-9-7-8-10-17/h11-12,17H,5-10,13-14H2,1-4H3,(H,23,26)(H,24,27). The lowest BCUT2D eigenvalue weighted by atomic mass is 10.1. The highest BCUT2D eigenvalue weighted by Crippen LogP contribution is 2.25. The third-order valence-corrected chi connectivity index (χ3v) is 5.40. The van der Waals surface area contributed by atoms with Gasteiger partial charge >= 0.3 is 5.97 Å². The highest BCUT2D eigenvalue weighted by Gasteiger charge is 2.22. The Morgan fingerprint density at radius 1 is 1.14 bits per heavy atom. The molecule has 0 bridgehead atoms. The average molecular weight is 404 g/mol. The minimum Gasteiger partial charge on any atom is -0.462 e. The van der Waals surface area contributed by atoms with E-state index in [-0.39, 0.29) is 36.8 Å². The third-order valence-electron chi connectivity index (χ3n) is 5.40. The molecule has 0 atom stereocenters. The molecule has 0 spiro atoms. The zero-order valence-electron chi connectivity index (χ0n) is 18.0. The predicted molar refractivity (Wildman–Crippen MR) is 113 cm³/mol. The highest BCUT2D eigenvalue weighted by atomic mass is 16.5. The fourth-order valence-electron chi connectivity index (χ4n) is 3.93. The Morgan fingerprint density at radius 2 is 1.83 bits per heavy atom. The van der Waals surface area contributed by atoms with Gasteiger partial charge in [0.25, 0.3) is 0 Å². The second kappa shape index (κ2) is 10.8. The molecule has 0 radical (unpaired) electrons. The second-order valence-corrected chi connectivity index (χ2v) is 7.35. The SMILES string of the molecule is CCOC(=O)c1c(C=CC(=O)NCCC(=O)NC2CCCC2)c(C)n(CC)c1C. The van der Waals surface area contributed by atoms with E-state index >= 15 is 0 Å². The molecule has 1 heterocycles. The Kier molecular flexibility index (Phi) is 8.49. The van der Waals surface area contributed by atoms with Gasteiger partial charge in [-0.05, 0) is 46.6 Å². The molecule has 0 aromatic carbocycles. The molecule has 29 heavy (non-hydrogen) atoms. The van der Waals surface area contributed by atoms with Crippen molar-refractivity contribution >= 4 is 23.9 Å². The van der Waals surface area contributed by atoms with Crippen LogP contribution in [0.25, 0.3) is 6.08 Å². The number of carbonyl (C=O) groups excluding carboxylic acids is 3. The Hall–Kier alpha value is -2.57. The molecule has 7 nitrogen and oxygen atoms in total. The molecule has 1 aliphatic rings. The van der Waals surface area contributed by atoms with Crippen LogP contribution in [0.5, 0.6) is 0 Å². The van der Waals surface area contributed by atoms with Gasteiger partial charge in [-0.3, -0.25) is 9.59 Å². The maximum Gasteiger partial charge on any atom is 0.340 e. The molecule has 1 aliphatic carbocycles. The first-order chi connectivity index (χ1) is 13.9. The van der Waals surface area contributed by atoms with E-state index < -0.39 is 0 Å². The fraction of sp³-hybridized carbons (Fsp3) is 0.591. The van der Waals surface area contributed by atoms with Crippen molar-refractivity contribution in [3.05, 3.63) is 28.6 Å². The first-order valence-electron chi connectivity index (χ1n) is 10.5. The minimum atomic E-state index is -0.385. The molecule has 2 rings (SSSR count). The van der Waals surface area contributed by atoms with Crippen LogP contribution in [0.2, 0.25) is 0 Å². The number of hydrogen-bond donors (Lipinski definition) is 2. The molecule has 1 aromatic heterocycles. The van der Waals surface area contributed by atoms with Crippen molar-refractivity contribution in [2.24, 2.45) is 0 Å². The minimum absolute atomic E-state index is 0.0303. The van der Waals surface area contributed by atoms with E-state index in [9.17, 15) is 14.4 Å². The van der Waals surface area contributed by atoms with Gasteiger partial charge in [0, 0.05) is 48.6 Å². The lowest BCUT2D eigenvalue weighted by Crippen LogP contribution is -2.35. The van der Waals surface area contributed by atoms with Gasteiger partial charge in [-0.1, -0.05) is 12.8 Å². The molecule has 160 valence electrons. The number of rotatable bonds is 9. The molecule has 1 aromatic rings. The van der Waals surface area contributed by atoms with Crippen molar-refractivity contribution in [2.45, 2.75) is 72.4 Å². The summed E-state index contributed by atoms with van der Waals surface area (Å²) >= 11 is 0. The van der Waals surface area contributed by atoms with E-state index in [1.165, 1.54) is 18.9 Å². The van der Waals surface area contributed by atoms with Crippen molar-refractivity contribution in [1.29, 1.82) is 0 Å². The van der Waals surface area contributed by atoms with E-state index in [1.54, 1.807) is 13.0 Å². The lowest BCUT2D eigenvalue weighted by molar-refractivity contribution is -0.121. The summed E-state index contributed by atoms with van der Waals surface area (Å²) in [5.74, 6) is -0.712. The molecule has 0 unspecified atom stereocenters. The van der Waals surface area contributed by atoms with Crippen LogP contribution in [0.1, 0.15) is 73.3 Å². The molecular weight excluding hydrogens is 370 g/mol. The number of carbonyl (C=O) groups is 3. The second-order valence-electron chi connectivity index (χ2n) is 7.35. The third kappa shape index (κ3) is 5.95. The van der Waals surface area contributed by atoms with E-state index in [4.69, 9.17) is 4.74 Å². The van der Waals surface area contributed by atoms with Gasteiger partial charge in [0.2, 0.25) is 11.8 Å². The summed E-state index contributed by atoms with van der Waals surface area (Å²) in [6.45, 7) is 8.86. The van der Waals surface area contributed by atoms with Crippen LogP contribution >= 0.6 is 0 Å². The Labute approximate surface area is 172 Å². The van der Waals surface area contributed by atoms with Gasteiger partial charge in [-0.25, -0.2) is 4.79 Å². The maximum atomic E-state index is 12.4. The molecule has 1 saturated carbocycles. The first kappa shape index (κ1) is 22.7. The molecule has 0 aliphatic heterocycles. The zero-order valence-corrected chi connectivity index (χ0v) is 18.0. The van der Waals surface area contributed by atoms with Crippen molar-refractivity contribution < 1.29 is 19.1 Å². The fourth-order valence-corrected chi connectivity index (χ4v) is 3.93. The number of nitrogens with zero attached hydrogens (tertiary/aromatic N) is 1. The summed E-state index contributed by atoms with van der Waals surface area (Å²) in [6.07, 6.45) is 7.72. The highest BCUT2D eigenvalue weighted by molar-refractivity contribution is 5.98. The first-order valence-corrected chi connectivity index (χ1v) is 10.5. The summed E-state index contributed by atoms with van der Waals surface area (Å²) in [7, 11) is 0. The quantitative estimate of drug-likeness (QED) is 0.490. The van der Waals surface area contributed by atoms with Crippen LogP contribution in [0, 0.1) is 13.8 Å². The molecule has 7 heteroatoms. The van der Waals surface area contributed by atoms with E-state index in [1.807, 2.05) is 25.3 Å². The molecular formula is C22H33N3O4. The van der Waals surface area contributed by atoms with Gasteiger partial charge in [0.05, 0.1) is 12.2 Å². The monoisotopic (exact) mass is 403 g/mol. The average Bonchev–Trinajstić information content (AvgIpc) is 3.26. The van der Waals surface area contributed by atoms with Crippen molar-refractivity contribution in [2.75, 3.05) is 13.2 Å². The van der Waals surface area contributed by atoms with E-state index in [2.05, 4.69) is 10.6 Å². The Morgan fingerprint density at radius 3 is 2.45 bits per heavy atom. The van der Waals surface area contributed by atoms with Crippen LogP contribution in [-0.2, 0) is 20.9 Å². The summed E-state index contributed by atoms with van der Waals surface area (Å²) in [4.78, 5) is 36.5.